The van der Waals surface area contributed by atoms with Gasteiger partial charge in [0.1, 0.15) is 0 Å². The highest BCUT2D eigenvalue weighted by molar-refractivity contribution is 6.33. The summed E-state index contributed by atoms with van der Waals surface area (Å²) in [6, 6.07) is 11.8. The highest BCUT2D eigenvalue weighted by Crippen LogP contribution is 2.20. The van der Waals surface area contributed by atoms with Crippen LogP contribution in [0.4, 0.5) is 10.1 Å². The summed E-state index contributed by atoms with van der Waals surface area (Å²) in [7, 11) is 3.12. The van der Waals surface area contributed by atoms with Gasteiger partial charge in [-0.1, -0.05) is 29.8 Å². The van der Waals surface area contributed by atoms with Crippen LogP contribution in [0.15, 0.2) is 42.5 Å². The number of halogens is 2. The lowest BCUT2D eigenvalue weighted by atomic mass is 10.2. The molecule has 3 rings (SSSR count). The van der Waals surface area contributed by atoms with Crippen LogP contribution in [0.25, 0.3) is 0 Å². The predicted molar refractivity (Wildman–Crippen MR) is 122 cm³/mol. The van der Waals surface area contributed by atoms with Gasteiger partial charge in [0.2, 0.25) is 11.8 Å². The van der Waals surface area contributed by atoms with Gasteiger partial charge in [0.25, 0.3) is 0 Å². The normalized spacial score (nSPS) is 14.8. The van der Waals surface area contributed by atoms with Crippen molar-refractivity contribution in [3.05, 3.63) is 58.9 Å². The molecule has 0 aliphatic carbocycles. The molecule has 1 heterocycles. The second kappa shape index (κ2) is 11.3. The van der Waals surface area contributed by atoms with Crippen LogP contribution in [0.2, 0.25) is 5.02 Å². The molecule has 0 radical (unpaired) electrons. The summed E-state index contributed by atoms with van der Waals surface area (Å²) >= 11 is 6.08. The van der Waals surface area contributed by atoms with Crippen molar-refractivity contribution >= 4 is 29.1 Å². The van der Waals surface area contributed by atoms with Crippen LogP contribution in [-0.4, -0.2) is 79.9 Å². The van der Waals surface area contributed by atoms with Gasteiger partial charge in [-0.2, -0.15) is 0 Å². The van der Waals surface area contributed by atoms with Gasteiger partial charge in [0.05, 0.1) is 30.9 Å². The van der Waals surface area contributed by atoms with Crippen molar-refractivity contribution < 1.29 is 18.7 Å². The summed E-state index contributed by atoms with van der Waals surface area (Å²) in [5.41, 5.74) is 1.30. The number of benzene rings is 2. The molecule has 9 heteroatoms. The highest BCUT2D eigenvalue weighted by Gasteiger charge is 2.22. The molecule has 1 fully saturated rings. The van der Waals surface area contributed by atoms with E-state index in [0.29, 0.717) is 49.0 Å². The molecule has 1 aliphatic heterocycles. The largest absolute Gasteiger partial charge is 0.494 e. The summed E-state index contributed by atoms with van der Waals surface area (Å²) in [4.78, 5) is 30.6. The molecule has 0 saturated carbocycles. The number of para-hydroxylation sites is 1. The first-order chi connectivity index (χ1) is 15.4. The van der Waals surface area contributed by atoms with E-state index in [2.05, 4.69) is 15.1 Å². The standard InChI is InChI=1S/C23H28ClFN4O3/c1-27(14-17-7-8-21(32-2)19(25)13-17)23(31)16-29-11-9-28(10-12-29)15-22(30)26-20-6-4-3-5-18(20)24/h3-8,13H,9-12,14-16H2,1-2H3,(H,26,30). The van der Waals surface area contributed by atoms with Crippen LogP contribution in [0.1, 0.15) is 5.56 Å². The van der Waals surface area contributed by atoms with E-state index in [0.717, 1.165) is 0 Å². The molecule has 2 aromatic carbocycles. The number of likely N-dealkylation sites (N-methyl/N-ethyl adjacent to an activating group) is 1. The Balaban J connectivity index is 1.41. The summed E-state index contributed by atoms with van der Waals surface area (Å²) in [5, 5.41) is 3.33. The van der Waals surface area contributed by atoms with E-state index in [1.807, 2.05) is 12.1 Å². The fraction of sp³-hybridized carbons (Fsp3) is 0.391. The minimum Gasteiger partial charge on any atom is -0.494 e. The number of anilines is 1. The molecule has 0 spiro atoms. The van der Waals surface area contributed by atoms with Crippen LogP contribution >= 0.6 is 11.6 Å². The van der Waals surface area contributed by atoms with Gasteiger partial charge >= 0.3 is 0 Å². The number of piperazine rings is 1. The van der Waals surface area contributed by atoms with Gasteiger partial charge in [0.15, 0.2) is 11.6 Å². The maximum absolute atomic E-state index is 13.9. The summed E-state index contributed by atoms with van der Waals surface area (Å²) in [5.74, 6) is -0.415. The zero-order valence-corrected chi connectivity index (χ0v) is 19.1. The number of amides is 2. The summed E-state index contributed by atoms with van der Waals surface area (Å²) in [6.07, 6.45) is 0. The van der Waals surface area contributed by atoms with Gasteiger partial charge in [-0.05, 0) is 29.8 Å². The van der Waals surface area contributed by atoms with Crippen molar-refractivity contribution in [2.45, 2.75) is 6.54 Å². The number of nitrogens with one attached hydrogen (secondary N) is 1. The number of hydrogen-bond donors (Lipinski definition) is 1. The third-order valence-electron chi connectivity index (χ3n) is 5.40. The first-order valence-electron chi connectivity index (χ1n) is 10.4. The smallest absolute Gasteiger partial charge is 0.238 e. The van der Waals surface area contributed by atoms with Crippen molar-refractivity contribution in [3.8, 4) is 5.75 Å². The maximum atomic E-state index is 13.9. The topological polar surface area (TPSA) is 65.1 Å². The SMILES string of the molecule is COc1ccc(CN(C)C(=O)CN2CCN(CC(=O)Nc3ccccc3Cl)CC2)cc1F. The first kappa shape index (κ1) is 24.0. The molecule has 0 unspecified atom stereocenters. The van der Waals surface area contributed by atoms with E-state index in [9.17, 15) is 14.0 Å². The number of methoxy groups -OCH3 is 1. The molecule has 0 aromatic heterocycles. The molecular formula is C23H28ClFN4O3. The number of rotatable bonds is 8. The maximum Gasteiger partial charge on any atom is 0.238 e. The average molecular weight is 463 g/mol. The summed E-state index contributed by atoms with van der Waals surface area (Å²) < 4.78 is 18.8. The lowest BCUT2D eigenvalue weighted by Crippen LogP contribution is -2.51. The lowest BCUT2D eigenvalue weighted by molar-refractivity contribution is -0.132. The number of carbonyl (C=O) groups is 2. The molecule has 172 valence electrons. The van der Waals surface area contributed by atoms with E-state index in [1.165, 1.54) is 13.2 Å². The third-order valence-corrected chi connectivity index (χ3v) is 5.73. The first-order valence-corrected chi connectivity index (χ1v) is 10.8. The Hall–Kier alpha value is -2.68. The molecule has 2 amide bonds. The lowest BCUT2D eigenvalue weighted by Gasteiger charge is -2.34. The van der Waals surface area contributed by atoms with Crippen LogP contribution in [0, 0.1) is 5.82 Å². The molecule has 0 bridgehead atoms. The molecule has 32 heavy (non-hydrogen) atoms. The van der Waals surface area contributed by atoms with Gasteiger partial charge in [-0.3, -0.25) is 19.4 Å². The second-order valence-corrected chi connectivity index (χ2v) is 8.21. The number of ether oxygens (including phenoxy) is 1. The molecule has 7 nitrogen and oxygen atoms in total. The fourth-order valence-electron chi connectivity index (χ4n) is 3.54. The Morgan fingerprint density at radius 2 is 1.75 bits per heavy atom. The van der Waals surface area contributed by atoms with Crippen LogP contribution in [0.3, 0.4) is 0 Å². The minimum absolute atomic E-state index is 0.0360. The van der Waals surface area contributed by atoms with E-state index in [1.54, 1.807) is 36.2 Å². The van der Waals surface area contributed by atoms with Crippen LogP contribution in [-0.2, 0) is 16.1 Å². The monoisotopic (exact) mass is 462 g/mol. The van der Waals surface area contributed by atoms with E-state index in [-0.39, 0.29) is 30.7 Å². The number of nitrogens with zero attached hydrogens (tertiary/aromatic N) is 3. The molecule has 1 N–H and O–H groups in total. The van der Waals surface area contributed by atoms with Crippen LogP contribution in [0.5, 0.6) is 5.75 Å². The average Bonchev–Trinajstić information content (AvgIpc) is 2.77. The van der Waals surface area contributed by atoms with Crippen molar-refractivity contribution in [1.82, 2.24) is 14.7 Å². The fourth-order valence-corrected chi connectivity index (χ4v) is 3.73. The zero-order chi connectivity index (χ0) is 23.1. The quantitative estimate of drug-likeness (QED) is 0.653. The Kier molecular flexibility index (Phi) is 8.44. The van der Waals surface area contributed by atoms with Crippen molar-refractivity contribution in [3.63, 3.8) is 0 Å². The Labute approximate surface area is 192 Å². The van der Waals surface area contributed by atoms with Gasteiger partial charge in [-0.15, -0.1) is 0 Å². The van der Waals surface area contributed by atoms with Crippen LogP contribution < -0.4 is 10.1 Å². The van der Waals surface area contributed by atoms with Crippen molar-refractivity contribution in [2.24, 2.45) is 0 Å². The van der Waals surface area contributed by atoms with Gasteiger partial charge in [-0.25, -0.2) is 4.39 Å². The molecule has 1 aliphatic rings. The Morgan fingerprint density at radius 1 is 1.09 bits per heavy atom. The second-order valence-electron chi connectivity index (χ2n) is 7.80. The van der Waals surface area contributed by atoms with E-state index >= 15 is 0 Å². The predicted octanol–water partition coefficient (Wildman–Crippen LogP) is 2.70. The molecule has 1 saturated heterocycles. The number of carbonyl (C=O) groups excluding carboxylic acids is 2. The van der Waals surface area contributed by atoms with E-state index in [4.69, 9.17) is 16.3 Å². The Bertz CT molecular complexity index is 951. The molecule has 2 aromatic rings. The van der Waals surface area contributed by atoms with Crippen molar-refractivity contribution in [2.75, 3.05) is 58.7 Å². The third kappa shape index (κ3) is 6.66. The van der Waals surface area contributed by atoms with Crippen molar-refractivity contribution in [1.29, 1.82) is 0 Å². The van der Waals surface area contributed by atoms with Gasteiger partial charge in [0, 0.05) is 39.8 Å². The highest BCUT2D eigenvalue weighted by atomic mass is 35.5. The minimum atomic E-state index is -0.444. The van der Waals surface area contributed by atoms with Gasteiger partial charge < -0.3 is 15.0 Å². The molecule has 0 atom stereocenters. The Morgan fingerprint density at radius 3 is 2.38 bits per heavy atom. The van der Waals surface area contributed by atoms with E-state index < -0.39 is 5.82 Å². The molecular weight excluding hydrogens is 435 g/mol. The zero-order valence-electron chi connectivity index (χ0n) is 18.3. The summed E-state index contributed by atoms with van der Waals surface area (Å²) in [6.45, 7) is 3.65. The number of hydrogen-bond acceptors (Lipinski definition) is 5.